The smallest absolute Gasteiger partial charge is 0.405 e. The molecule has 2 aromatic carbocycles. The summed E-state index contributed by atoms with van der Waals surface area (Å²) in [5, 5.41) is 3.30. The van der Waals surface area contributed by atoms with E-state index >= 15 is 0 Å². The van der Waals surface area contributed by atoms with Gasteiger partial charge in [0.05, 0.1) is 23.9 Å². The maximum atomic E-state index is 13.7. The van der Waals surface area contributed by atoms with Gasteiger partial charge in [-0.3, -0.25) is 4.79 Å². The standard InChI is InChI=1S/C41H51B2NO5/c1-38(2)24-19-32(38)41(5)33(20-24)47-43(49-41)34-27-11-6-7-12-28(27)35(30-17-22(13-15-29(30)34)37(45)44-26-9-8-10-26)42-46-31-16-14-23-18-25-21-39(3,36(31)48-42)40(23,25)4/h6-7,11-13,15,17,23-26,31-36H,8-10,14,16,18-21H2,1-5H3,(H,44,45)/t23-,24-,25-,31+,32-,33?,34?,35?,36?,39?,40?,41-/m0/s1. The molecule has 0 spiro atoms. The molecule has 8 aliphatic carbocycles. The summed E-state index contributed by atoms with van der Waals surface area (Å²) in [5.74, 6) is 2.61. The van der Waals surface area contributed by atoms with Crippen molar-refractivity contribution < 1.29 is 23.4 Å². The van der Waals surface area contributed by atoms with Crippen LogP contribution in [0.4, 0.5) is 0 Å². The lowest BCUT2D eigenvalue weighted by molar-refractivity contribution is -0.268. The van der Waals surface area contributed by atoms with Crippen LogP contribution in [0.5, 0.6) is 0 Å². The molecule has 9 fully saturated rings. The van der Waals surface area contributed by atoms with Crippen molar-refractivity contribution in [3.8, 4) is 0 Å². The van der Waals surface area contributed by atoms with Gasteiger partial charge >= 0.3 is 14.2 Å². The maximum Gasteiger partial charge on any atom is 0.470 e. The highest BCUT2D eigenvalue weighted by Gasteiger charge is 2.75. The summed E-state index contributed by atoms with van der Waals surface area (Å²) in [6.07, 6.45) is 10.9. The summed E-state index contributed by atoms with van der Waals surface area (Å²) in [4.78, 5) is 13.7. The lowest BCUT2D eigenvalue weighted by Gasteiger charge is -2.74. The van der Waals surface area contributed by atoms with Gasteiger partial charge in [-0.25, -0.2) is 0 Å². The first-order valence-corrected chi connectivity index (χ1v) is 19.7. The third-order valence-electron chi connectivity index (χ3n) is 17.2. The van der Waals surface area contributed by atoms with Crippen molar-refractivity contribution >= 4 is 20.1 Å². The maximum absolute atomic E-state index is 13.7. The van der Waals surface area contributed by atoms with Crippen LogP contribution in [0, 0.1) is 39.9 Å². The van der Waals surface area contributed by atoms with Crippen molar-refractivity contribution in [2.45, 2.75) is 134 Å². The molecule has 6 nitrogen and oxygen atoms in total. The normalized spacial score (nSPS) is 46.3. The summed E-state index contributed by atoms with van der Waals surface area (Å²) in [6.45, 7) is 12.2. The molecule has 12 atom stereocenters. The summed E-state index contributed by atoms with van der Waals surface area (Å²) >= 11 is 0. The minimum Gasteiger partial charge on any atom is -0.405 e. The number of carbonyl (C=O) groups excluding carboxylic acids is 1. The molecule has 256 valence electrons. The first-order chi connectivity index (χ1) is 23.5. The van der Waals surface area contributed by atoms with Crippen molar-refractivity contribution in [2.75, 3.05) is 0 Å². The third kappa shape index (κ3) is 3.73. The lowest BCUT2D eigenvalue weighted by Crippen LogP contribution is -2.70. The monoisotopic (exact) mass is 659 g/mol. The molecule has 2 aliphatic heterocycles. The van der Waals surface area contributed by atoms with Crippen LogP contribution in [0.15, 0.2) is 42.5 Å². The molecule has 7 saturated carbocycles. The SMILES string of the molecule is CC1(C)[C@@H]2CC3OB(C4c5ccccc5C(B5OC6[C@@H](CC[C@H]7C[C@H]8CC6(C)C78C)O5)c5cc(C(=O)NC6CCC6)ccc54)O[C@@]3(C)[C@H]1C2. The van der Waals surface area contributed by atoms with Crippen LogP contribution in [-0.4, -0.2) is 50.1 Å². The second kappa shape index (κ2) is 9.85. The second-order valence-electron chi connectivity index (χ2n) is 19.1. The summed E-state index contributed by atoms with van der Waals surface area (Å²) in [5.41, 5.74) is 5.99. The van der Waals surface area contributed by atoms with Gasteiger partial charge in [0.1, 0.15) is 0 Å². The first-order valence-electron chi connectivity index (χ1n) is 19.7. The molecule has 2 aromatic rings. The Morgan fingerprint density at radius 2 is 1.53 bits per heavy atom. The summed E-state index contributed by atoms with van der Waals surface area (Å²) < 4.78 is 28.6. The molecule has 1 N–H and O–H groups in total. The van der Waals surface area contributed by atoms with Crippen LogP contribution in [-0.2, 0) is 18.6 Å². The topological polar surface area (TPSA) is 66.0 Å². The van der Waals surface area contributed by atoms with Crippen LogP contribution in [0.3, 0.4) is 0 Å². The van der Waals surface area contributed by atoms with Gasteiger partial charge in [0.25, 0.3) is 5.91 Å². The number of fused-ring (bicyclic) bond motifs is 4. The van der Waals surface area contributed by atoms with Crippen molar-refractivity contribution in [2.24, 2.45) is 39.9 Å². The first kappa shape index (κ1) is 30.5. The Morgan fingerprint density at radius 1 is 0.776 bits per heavy atom. The molecule has 2 heterocycles. The number of carbonyl (C=O) groups is 1. The largest absolute Gasteiger partial charge is 0.470 e. The Kier molecular flexibility index (Phi) is 6.13. The molecule has 10 aliphatic rings. The quantitative estimate of drug-likeness (QED) is 0.345. The minimum absolute atomic E-state index is 0.0194. The van der Waals surface area contributed by atoms with E-state index < -0.39 is 14.2 Å². The van der Waals surface area contributed by atoms with Crippen molar-refractivity contribution in [3.05, 3.63) is 70.3 Å². The van der Waals surface area contributed by atoms with Crippen molar-refractivity contribution in [1.29, 1.82) is 0 Å². The van der Waals surface area contributed by atoms with E-state index in [1.54, 1.807) is 0 Å². The van der Waals surface area contributed by atoms with E-state index in [2.05, 4.69) is 76.3 Å². The van der Waals surface area contributed by atoms with E-state index in [1.165, 1.54) is 48.8 Å². The molecule has 1 amide bonds. The van der Waals surface area contributed by atoms with E-state index in [-0.39, 0.29) is 58.3 Å². The van der Waals surface area contributed by atoms with Gasteiger partial charge in [0, 0.05) is 28.7 Å². The molecular weight excluding hydrogens is 608 g/mol. The Bertz CT molecular complexity index is 1760. The molecule has 2 bridgehead atoms. The Balaban J connectivity index is 0.995. The molecule has 8 heteroatoms. The molecule has 2 saturated heterocycles. The minimum atomic E-state index is -0.407. The molecule has 12 rings (SSSR count). The van der Waals surface area contributed by atoms with Crippen LogP contribution >= 0.6 is 0 Å². The van der Waals surface area contributed by atoms with Crippen molar-refractivity contribution in [3.63, 3.8) is 0 Å². The van der Waals surface area contributed by atoms with Crippen molar-refractivity contribution in [1.82, 2.24) is 5.32 Å². The zero-order valence-electron chi connectivity index (χ0n) is 29.9. The average molecular weight is 659 g/mol. The number of nitrogens with one attached hydrogen (secondary N) is 1. The molecule has 0 radical (unpaired) electrons. The van der Waals surface area contributed by atoms with Gasteiger partial charge in [-0.05, 0) is 134 Å². The van der Waals surface area contributed by atoms with E-state index in [0.29, 0.717) is 17.3 Å². The van der Waals surface area contributed by atoms with E-state index in [4.69, 9.17) is 18.6 Å². The average Bonchev–Trinajstić information content (AvgIpc) is 3.66. The fourth-order valence-corrected chi connectivity index (χ4v) is 13.6. The Morgan fingerprint density at radius 3 is 2.24 bits per heavy atom. The number of hydrogen-bond donors (Lipinski definition) is 1. The third-order valence-corrected chi connectivity index (χ3v) is 17.2. The zero-order chi connectivity index (χ0) is 33.2. The summed E-state index contributed by atoms with van der Waals surface area (Å²) in [6, 6.07) is 15.5. The van der Waals surface area contributed by atoms with Gasteiger partial charge in [-0.2, -0.15) is 0 Å². The summed E-state index contributed by atoms with van der Waals surface area (Å²) in [7, 11) is -0.797. The number of hydrogen-bond acceptors (Lipinski definition) is 5. The molecular formula is C41H51B2NO5. The predicted molar refractivity (Wildman–Crippen MR) is 189 cm³/mol. The zero-order valence-corrected chi connectivity index (χ0v) is 29.9. The van der Waals surface area contributed by atoms with E-state index in [9.17, 15) is 4.79 Å². The van der Waals surface area contributed by atoms with Gasteiger partial charge in [-0.1, -0.05) is 58.0 Å². The number of amides is 1. The van der Waals surface area contributed by atoms with Crippen LogP contribution in [0.25, 0.3) is 0 Å². The fraction of sp³-hybridized carbons (Fsp3) is 0.683. The Hall–Kier alpha value is -2.12. The van der Waals surface area contributed by atoms with Gasteiger partial charge in [-0.15, -0.1) is 0 Å². The molecule has 0 aromatic heterocycles. The highest BCUT2D eigenvalue weighted by atomic mass is 16.7. The number of rotatable bonds is 4. The Labute approximate surface area is 292 Å². The highest BCUT2D eigenvalue weighted by molar-refractivity contribution is 6.51. The lowest BCUT2D eigenvalue weighted by atomic mass is 9.31. The van der Waals surface area contributed by atoms with Gasteiger partial charge in [0.15, 0.2) is 0 Å². The molecule has 49 heavy (non-hydrogen) atoms. The predicted octanol–water partition coefficient (Wildman–Crippen LogP) is 7.47. The van der Waals surface area contributed by atoms with Gasteiger partial charge < -0.3 is 23.9 Å². The van der Waals surface area contributed by atoms with Gasteiger partial charge in [0.2, 0.25) is 0 Å². The fourth-order valence-electron chi connectivity index (χ4n) is 13.6. The van der Waals surface area contributed by atoms with Crippen LogP contribution in [0.1, 0.15) is 137 Å². The highest BCUT2D eigenvalue weighted by Crippen LogP contribution is 2.78. The van der Waals surface area contributed by atoms with E-state index in [1.807, 2.05) is 6.07 Å². The van der Waals surface area contributed by atoms with E-state index in [0.717, 1.165) is 48.6 Å². The second-order valence-corrected chi connectivity index (χ2v) is 19.1. The van der Waals surface area contributed by atoms with Crippen LogP contribution in [0.2, 0.25) is 0 Å². The number of benzene rings is 2. The van der Waals surface area contributed by atoms with Crippen LogP contribution < -0.4 is 5.32 Å². The molecule has 6 unspecified atom stereocenters.